The van der Waals surface area contributed by atoms with Gasteiger partial charge >= 0.3 is 0 Å². The summed E-state index contributed by atoms with van der Waals surface area (Å²) in [5.74, 6) is 0. The highest BCUT2D eigenvalue weighted by atomic mass is 32.2. The predicted molar refractivity (Wildman–Crippen MR) is 120 cm³/mol. The number of aryl methyl sites for hydroxylation is 1. The molecule has 29 heavy (non-hydrogen) atoms. The SMILES string of the molecule is C=C1c2ccccc2N(S(=O)(=O)c2ccc(C)cc2)C[C@]12/C=C\CCCCCC2. The number of sulfonamides is 1. The van der Waals surface area contributed by atoms with Crippen LogP contribution < -0.4 is 4.31 Å². The minimum atomic E-state index is -3.66. The fourth-order valence-electron chi connectivity index (χ4n) is 4.53. The van der Waals surface area contributed by atoms with Crippen LogP contribution in [0.4, 0.5) is 5.69 Å². The molecular formula is C25H29NO2S. The quantitative estimate of drug-likeness (QED) is 0.563. The van der Waals surface area contributed by atoms with Gasteiger partial charge < -0.3 is 0 Å². The molecular weight excluding hydrogens is 378 g/mol. The molecule has 2 aromatic carbocycles. The molecule has 0 unspecified atom stereocenters. The minimum Gasteiger partial charge on any atom is -0.265 e. The molecule has 1 aliphatic carbocycles. The Balaban J connectivity index is 1.85. The largest absolute Gasteiger partial charge is 0.265 e. The van der Waals surface area contributed by atoms with E-state index < -0.39 is 10.0 Å². The Morgan fingerprint density at radius 3 is 2.48 bits per heavy atom. The summed E-state index contributed by atoms with van der Waals surface area (Å²) in [6.07, 6.45) is 11.1. The third-order valence-electron chi connectivity index (χ3n) is 6.31. The molecule has 152 valence electrons. The molecule has 0 saturated carbocycles. The van der Waals surface area contributed by atoms with Gasteiger partial charge in [0.25, 0.3) is 10.0 Å². The van der Waals surface area contributed by atoms with E-state index in [0.717, 1.165) is 41.6 Å². The Hall–Kier alpha value is -2.33. The van der Waals surface area contributed by atoms with E-state index in [9.17, 15) is 8.42 Å². The van der Waals surface area contributed by atoms with Crippen molar-refractivity contribution in [3.05, 3.63) is 78.4 Å². The lowest BCUT2D eigenvalue weighted by atomic mass is 9.71. The first-order valence-electron chi connectivity index (χ1n) is 10.5. The summed E-state index contributed by atoms with van der Waals surface area (Å²) in [5, 5.41) is 0. The summed E-state index contributed by atoms with van der Waals surface area (Å²) >= 11 is 0. The third kappa shape index (κ3) is 3.66. The van der Waals surface area contributed by atoms with Gasteiger partial charge in [-0.15, -0.1) is 0 Å². The molecule has 0 amide bonds. The van der Waals surface area contributed by atoms with E-state index in [1.165, 1.54) is 19.3 Å². The van der Waals surface area contributed by atoms with Crippen molar-refractivity contribution < 1.29 is 8.42 Å². The normalized spacial score (nSPS) is 23.8. The molecule has 0 saturated heterocycles. The first kappa shape index (κ1) is 20.0. The van der Waals surface area contributed by atoms with Gasteiger partial charge in [0.15, 0.2) is 0 Å². The van der Waals surface area contributed by atoms with Crippen LogP contribution in [-0.2, 0) is 10.0 Å². The van der Waals surface area contributed by atoms with Crippen molar-refractivity contribution in [1.29, 1.82) is 0 Å². The van der Waals surface area contributed by atoms with Gasteiger partial charge in [0.1, 0.15) is 0 Å². The number of anilines is 1. The Labute approximate surface area is 174 Å². The zero-order valence-corrected chi connectivity index (χ0v) is 17.9. The molecule has 2 aliphatic rings. The van der Waals surface area contributed by atoms with Crippen molar-refractivity contribution in [2.24, 2.45) is 5.41 Å². The number of benzene rings is 2. The second-order valence-corrected chi connectivity index (χ2v) is 10.2. The van der Waals surface area contributed by atoms with Crippen molar-refractivity contribution in [3.63, 3.8) is 0 Å². The Kier molecular flexibility index (Phi) is 5.39. The van der Waals surface area contributed by atoms with Crippen LogP contribution in [0.2, 0.25) is 0 Å². The lowest BCUT2D eigenvalue weighted by Gasteiger charge is -2.44. The molecule has 0 aromatic heterocycles. The van der Waals surface area contributed by atoms with Crippen LogP contribution in [0.1, 0.15) is 49.7 Å². The highest BCUT2D eigenvalue weighted by Gasteiger charge is 2.43. The van der Waals surface area contributed by atoms with Gasteiger partial charge in [-0.3, -0.25) is 4.31 Å². The van der Waals surface area contributed by atoms with Gasteiger partial charge in [0, 0.05) is 17.5 Å². The fraction of sp³-hybridized carbons (Fsp3) is 0.360. The van der Waals surface area contributed by atoms with Crippen molar-refractivity contribution in [2.75, 3.05) is 10.8 Å². The average molecular weight is 408 g/mol. The molecule has 4 heteroatoms. The molecule has 0 N–H and O–H groups in total. The Bertz CT molecular complexity index is 1040. The molecule has 3 nitrogen and oxygen atoms in total. The molecule has 0 fully saturated rings. The lowest BCUT2D eigenvalue weighted by Crippen LogP contribution is -2.45. The molecule has 0 radical (unpaired) electrons. The smallest absolute Gasteiger partial charge is 0.264 e. The highest BCUT2D eigenvalue weighted by Crippen LogP contribution is 2.50. The number of para-hydroxylation sites is 1. The van der Waals surface area contributed by atoms with Crippen LogP contribution >= 0.6 is 0 Å². The van der Waals surface area contributed by atoms with Gasteiger partial charge in [0.05, 0.1) is 10.6 Å². The van der Waals surface area contributed by atoms with Crippen molar-refractivity contribution in [2.45, 2.75) is 50.3 Å². The highest BCUT2D eigenvalue weighted by molar-refractivity contribution is 7.92. The third-order valence-corrected chi connectivity index (χ3v) is 8.09. The van der Waals surface area contributed by atoms with E-state index in [0.29, 0.717) is 11.4 Å². The summed E-state index contributed by atoms with van der Waals surface area (Å²) in [6.45, 7) is 6.84. The Morgan fingerprint density at radius 2 is 1.69 bits per heavy atom. The summed E-state index contributed by atoms with van der Waals surface area (Å²) in [5.41, 5.74) is 3.42. The van der Waals surface area contributed by atoms with Crippen LogP contribution in [0.25, 0.3) is 5.57 Å². The average Bonchev–Trinajstić information content (AvgIpc) is 2.84. The van der Waals surface area contributed by atoms with E-state index >= 15 is 0 Å². The first-order chi connectivity index (χ1) is 13.9. The van der Waals surface area contributed by atoms with Crippen LogP contribution in [0.15, 0.2) is 72.2 Å². The number of nitrogens with zero attached hydrogens (tertiary/aromatic N) is 1. The van der Waals surface area contributed by atoms with Gasteiger partial charge in [-0.2, -0.15) is 0 Å². The first-order valence-corrected chi connectivity index (χ1v) is 11.9. The van der Waals surface area contributed by atoms with Crippen molar-refractivity contribution >= 4 is 21.3 Å². The topological polar surface area (TPSA) is 37.4 Å². The molecule has 2 aromatic rings. The zero-order valence-electron chi connectivity index (χ0n) is 17.1. The molecule has 4 rings (SSSR count). The minimum absolute atomic E-state index is 0.340. The maximum atomic E-state index is 13.7. The second-order valence-electron chi connectivity index (χ2n) is 8.33. The van der Waals surface area contributed by atoms with E-state index in [1.54, 1.807) is 16.4 Å². The van der Waals surface area contributed by atoms with Gasteiger partial charge in [-0.1, -0.05) is 73.9 Å². The lowest BCUT2D eigenvalue weighted by molar-refractivity contribution is 0.442. The molecule has 1 aliphatic heterocycles. The van der Waals surface area contributed by atoms with Crippen LogP contribution in [0.5, 0.6) is 0 Å². The Morgan fingerprint density at radius 1 is 0.966 bits per heavy atom. The number of hydrogen-bond acceptors (Lipinski definition) is 2. The van der Waals surface area contributed by atoms with E-state index in [1.807, 2.05) is 43.3 Å². The zero-order chi connectivity index (χ0) is 20.5. The summed E-state index contributed by atoms with van der Waals surface area (Å²) in [4.78, 5) is 0.340. The van der Waals surface area contributed by atoms with Crippen LogP contribution in [-0.4, -0.2) is 15.0 Å². The maximum Gasteiger partial charge on any atom is 0.264 e. The molecule has 1 atom stereocenters. The predicted octanol–water partition coefficient (Wildman–Crippen LogP) is 6.11. The fourth-order valence-corrected chi connectivity index (χ4v) is 6.09. The number of rotatable bonds is 2. The monoisotopic (exact) mass is 407 g/mol. The summed E-state index contributed by atoms with van der Waals surface area (Å²) in [6, 6.07) is 14.9. The maximum absolute atomic E-state index is 13.7. The molecule has 0 bridgehead atoms. The summed E-state index contributed by atoms with van der Waals surface area (Å²) < 4.78 is 29.0. The number of allylic oxidation sites excluding steroid dienone is 1. The van der Waals surface area contributed by atoms with E-state index in [2.05, 4.69) is 18.7 Å². The van der Waals surface area contributed by atoms with Gasteiger partial charge in [-0.25, -0.2) is 8.42 Å². The summed E-state index contributed by atoms with van der Waals surface area (Å²) in [7, 11) is -3.66. The number of hydrogen-bond donors (Lipinski definition) is 0. The molecule has 1 heterocycles. The van der Waals surface area contributed by atoms with Crippen LogP contribution in [0, 0.1) is 12.3 Å². The number of fused-ring (bicyclic) bond motifs is 1. The standard InChI is InChI=1S/C25H29NO2S/c1-20-13-15-22(16-14-20)29(27,28)26-19-25(17-9-5-3-4-6-10-18-25)21(2)23-11-7-8-12-24(23)26/h7-9,11-17H,2-6,10,18-19H2,1H3/b17-9-/t25-/m1/s1. The second kappa shape index (κ2) is 7.83. The van der Waals surface area contributed by atoms with Gasteiger partial charge in [-0.05, 0) is 50.0 Å². The van der Waals surface area contributed by atoms with Crippen LogP contribution in [0.3, 0.4) is 0 Å². The van der Waals surface area contributed by atoms with E-state index in [4.69, 9.17) is 0 Å². The van der Waals surface area contributed by atoms with Crippen molar-refractivity contribution in [1.82, 2.24) is 0 Å². The van der Waals surface area contributed by atoms with E-state index in [-0.39, 0.29) is 5.41 Å². The van der Waals surface area contributed by atoms with Gasteiger partial charge in [0.2, 0.25) is 0 Å². The van der Waals surface area contributed by atoms with Crippen molar-refractivity contribution in [3.8, 4) is 0 Å². The molecule has 1 spiro atoms.